The van der Waals surface area contributed by atoms with Gasteiger partial charge in [0.2, 0.25) is 0 Å². The second-order valence-corrected chi connectivity index (χ2v) is 1.80. The highest BCUT2D eigenvalue weighted by atomic mass is 14.8. The lowest BCUT2D eigenvalue weighted by Crippen LogP contribution is -1.87. The van der Waals surface area contributed by atoms with Gasteiger partial charge in [-0.1, -0.05) is 6.92 Å². The summed E-state index contributed by atoms with van der Waals surface area (Å²) >= 11 is 0. The molecule has 9 heavy (non-hydrogen) atoms. The van der Waals surface area contributed by atoms with E-state index in [-0.39, 0.29) is 0 Å². The van der Waals surface area contributed by atoms with E-state index in [2.05, 4.69) is 16.9 Å². The van der Waals surface area contributed by atoms with Crippen LogP contribution in [0, 0.1) is 6.92 Å². The van der Waals surface area contributed by atoms with Gasteiger partial charge in [-0.3, -0.25) is 0 Å². The van der Waals surface area contributed by atoms with Gasteiger partial charge < -0.3 is 0 Å². The van der Waals surface area contributed by atoms with Crippen molar-refractivity contribution in [1.29, 1.82) is 0 Å². The van der Waals surface area contributed by atoms with Gasteiger partial charge in [-0.05, 0) is 18.9 Å². The summed E-state index contributed by atoms with van der Waals surface area (Å²) < 4.78 is 0. The molecule has 0 bridgehead atoms. The summed E-state index contributed by atoms with van der Waals surface area (Å²) in [6.45, 7) is 3.72. The average Bonchev–Trinajstić information content (AvgIpc) is 1.91. The number of hydrogen-bond donors (Lipinski definition) is 0. The van der Waals surface area contributed by atoms with Gasteiger partial charge in [0.25, 0.3) is 0 Å². The third-order valence-electron chi connectivity index (χ3n) is 1.08. The van der Waals surface area contributed by atoms with Crippen molar-refractivity contribution in [2.45, 2.75) is 12.8 Å². The molecule has 0 aliphatic carbocycles. The average molecular weight is 121 g/mol. The Balaban J connectivity index is 2.61. The van der Waals surface area contributed by atoms with E-state index in [9.17, 15) is 0 Å². The van der Waals surface area contributed by atoms with Crippen LogP contribution in [0.4, 0.5) is 0 Å². The van der Waals surface area contributed by atoms with Gasteiger partial charge in [0, 0.05) is 11.9 Å². The number of aryl methyl sites for hydroxylation is 1. The summed E-state index contributed by atoms with van der Waals surface area (Å²) in [7, 11) is 0. The molecule has 0 N–H and O–H groups in total. The van der Waals surface area contributed by atoms with Crippen LogP contribution in [0.1, 0.15) is 12.1 Å². The quantitative estimate of drug-likeness (QED) is 0.588. The van der Waals surface area contributed by atoms with Crippen LogP contribution in [0.3, 0.4) is 0 Å². The van der Waals surface area contributed by atoms with Crippen molar-refractivity contribution in [1.82, 2.24) is 9.97 Å². The first kappa shape index (κ1) is 6.20. The highest BCUT2D eigenvalue weighted by Gasteiger charge is 1.87. The molecule has 1 rings (SSSR count). The van der Waals surface area contributed by atoms with Crippen LogP contribution in [0.25, 0.3) is 0 Å². The predicted octanol–water partition coefficient (Wildman–Crippen LogP) is 1.24. The summed E-state index contributed by atoms with van der Waals surface area (Å²) in [5.74, 6) is 0. The second kappa shape index (κ2) is 3.17. The van der Waals surface area contributed by atoms with Gasteiger partial charge in [-0.2, -0.15) is 0 Å². The molecule has 1 aromatic rings. The molecule has 0 saturated heterocycles. The zero-order valence-corrected chi connectivity index (χ0v) is 5.25. The normalized spacial score (nSPS) is 9.44. The lowest BCUT2D eigenvalue weighted by molar-refractivity contribution is 0.924. The van der Waals surface area contributed by atoms with Crippen LogP contribution in [-0.4, -0.2) is 9.97 Å². The Labute approximate surface area is 55.0 Å². The maximum atomic E-state index is 4.02. The Hall–Kier alpha value is -0.920. The van der Waals surface area contributed by atoms with Crippen molar-refractivity contribution in [3.05, 3.63) is 31.2 Å². The van der Waals surface area contributed by atoms with E-state index in [0.29, 0.717) is 0 Å². The molecule has 0 unspecified atom stereocenters. The molecule has 47 valence electrons. The van der Waals surface area contributed by atoms with E-state index in [4.69, 9.17) is 0 Å². The zero-order valence-electron chi connectivity index (χ0n) is 5.25. The van der Waals surface area contributed by atoms with Crippen LogP contribution in [0.2, 0.25) is 0 Å². The Bertz CT molecular complexity index is 160. The van der Waals surface area contributed by atoms with E-state index in [1.807, 2.05) is 6.07 Å². The predicted molar refractivity (Wildman–Crippen MR) is 35.7 cm³/mol. The Morgan fingerprint density at radius 2 is 2.44 bits per heavy atom. The van der Waals surface area contributed by atoms with Gasteiger partial charge in [0.15, 0.2) is 0 Å². The summed E-state index contributed by atoms with van der Waals surface area (Å²) in [5, 5.41) is 0. The number of rotatable bonds is 2. The number of aromatic nitrogens is 2. The summed E-state index contributed by atoms with van der Waals surface area (Å²) in [6, 6.07) is 1.91. The molecular weight excluding hydrogens is 112 g/mol. The summed E-state index contributed by atoms with van der Waals surface area (Å²) in [5.41, 5.74) is 1.07. The van der Waals surface area contributed by atoms with Crippen LogP contribution in [-0.2, 0) is 6.42 Å². The summed E-state index contributed by atoms with van der Waals surface area (Å²) in [6.07, 6.45) is 5.16. The lowest BCUT2D eigenvalue weighted by Gasteiger charge is -1.92. The largest absolute Gasteiger partial charge is 0.245 e. The molecule has 1 heterocycles. The Morgan fingerprint density at radius 1 is 1.56 bits per heavy atom. The van der Waals surface area contributed by atoms with E-state index in [1.165, 1.54) is 0 Å². The van der Waals surface area contributed by atoms with Crippen molar-refractivity contribution < 1.29 is 0 Å². The monoisotopic (exact) mass is 121 g/mol. The maximum Gasteiger partial charge on any atom is 0.115 e. The van der Waals surface area contributed by atoms with E-state index < -0.39 is 0 Å². The lowest BCUT2D eigenvalue weighted by atomic mass is 10.2. The minimum atomic E-state index is 0.900. The first-order chi connectivity index (χ1) is 4.43. The SMILES string of the molecule is [CH2]CCc1ccncn1. The summed E-state index contributed by atoms with van der Waals surface area (Å²) in [4.78, 5) is 7.81. The fourth-order valence-corrected chi connectivity index (χ4v) is 0.647. The van der Waals surface area contributed by atoms with Gasteiger partial charge in [-0.25, -0.2) is 9.97 Å². The van der Waals surface area contributed by atoms with Gasteiger partial charge in [0.05, 0.1) is 0 Å². The molecule has 0 aliphatic heterocycles. The first-order valence-corrected chi connectivity index (χ1v) is 2.97. The van der Waals surface area contributed by atoms with Crippen molar-refractivity contribution in [2.75, 3.05) is 0 Å². The van der Waals surface area contributed by atoms with Crippen molar-refractivity contribution in [3.63, 3.8) is 0 Å². The molecular formula is C7H9N2. The second-order valence-electron chi connectivity index (χ2n) is 1.80. The molecule has 0 spiro atoms. The standard InChI is InChI=1S/C7H9N2/c1-2-3-7-4-5-8-6-9-7/h4-6H,1-3H2. The van der Waals surface area contributed by atoms with Crippen molar-refractivity contribution in [2.24, 2.45) is 0 Å². The number of hydrogen-bond acceptors (Lipinski definition) is 2. The van der Waals surface area contributed by atoms with Crippen LogP contribution >= 0.6 is 0 Å². The van der Waals surface area contributed by atoms with E-state index in [1.54, 1.807) is 12.5 Å². The van der Waals surface area contributed by atoms with Crippen LogP contribution < -0.4 is 0 Å². The molecule has 0 amide bonds. The van der Waals surface area contributed by atoms with E-state index >= 15 is 0 Å². The van der Waals surface area contributed by atoms with Gasteiger partial charge >= 0.3 is 0 Å². The van der Waals surface area contributed by atoms with Crippen LogP contribution in [0.5, 0.6) is 0 Å². The Morgan fingerprint density at radius 3 is 3.00 bits per heavy atom. The molecule has 0 saturated carbocycles. The van der Waals surface area contributed by atoms with Gasteiger partial charge in [-0.15, -0.1) is 0 Å². The highest BCUT2D eigenvalue weighted by molar-refractivity contribution is 4.97. The number of nitrogens with zero attached hydrogens (tertiary/aromatic N) is 2. The molecule has 2 heteroatoms. The van der Waals surface area contributed by atoms with Crippen LogP contribution in [0.15, 0.2) is 18.6 Å². The molecule has 0 atom stereocenters. The third-order valence-corrected chi connectivity index (χ3v) is 1.08. The Kier molecular flexibility index (Phi) is 2.19. The smallest absolute Gasteiger partial charge is 0.115 e. The first-order valence-electron chi connectivity index (χ1n) is 2.97. The minimum Gasteiger partial charge on any atom is -0.245 e. The third kappa shape index (κ3) is 1.80. The minimum absolute atomic E-state index is 0.900. The fraction of sp³-hybridized carbons (Fsp3) is 0.286. The topological polar surface area (TPSA) is 25.8 Å². The van der Waals surface area contributed by atoms with Crippen molar-refractivity contribution >= 4 is 0 Å². The molecule has 0 aliphatic rings. The zero-order chi connectivity index (χ0) is 6.53. The van der Waals surface area contributed by atoms with E-state index in [0.717, 1.165) is 18.5 Å². The van der Waals surface area contributed by atoms with Crippen molar-refractivity contribution in [3.8, 4) is 0 Å². The molecule has 1 aromatic heterocycles. The van der Waals surface area contributed by atoms with Gasteiger partial charge in [0.1, 0.15) is 6.33 Å². The molecule has 0 fully saturated rings. The fourth-order valence-electron chi connectivity index (χ4n) is 0.647. The highest BCUT2D eigenvalue weighted by Crippen LogP contribution is 1.93. The maximum absolute atomic E-state index is 4.02. The molecule has 0 aromatic carbocycles. The molecule has 2 nitrogen and oxygen atoms in total. The molecule has 1 radical (unpaired) electrons.